The van der Waals surface area contributed by atoms with E-state index in [9.17, 15) is 4.79 Å². The van der Waals surface area contributed by atoms with Gasteiger partial charge >= 0.3 is 0 Å². The van der Waals surface area contributed by atoms with Crippen LogP contribution in [0.5, 0.6) is 0 Å². The van der Waals surface area contributed by atoms with Crippen LogP contribution in [0, 0.1) is 5.41 Å². The molecule has 2 fully saturated rings. The molecule has 2 heterocycles. The van der Waals surface area contributed by atoms with Crippen molar-refractivity contribution >= 4 is 5.91 Å². The molecule has 0 N–H and O–H groups in total. The highest BCUT2D eigenvalue weighted by Crippen LogP contribution is 2.45. The summed E-state index contributed by atoms with van der Waals surface area (Å²) >= 11 is 0. The van der Waals surface area contributed by atoms with Crippen LogP contribution in [0.1, 0.15) is 52.9 Å². The number of amides is 1. The van der Waals surface area contributed by atoms with E-state index in [0.29, 0.717) is 25.5 Å². The smallest absolute Gasteiger partial charge is 0.223 e. The molecule has 20 heavy (non-hydrogen) atoms. The van der Waals surface area contributed by atoms with Gasteiger partial charge in [0.05, 0.1) is 18.8 Å². The maximum Gasteiger partial charge on any atom is 0.223 e. The van der Waals surface area contributed by atoms with Crippen LogP contribution in [-0.4, -0.2) is 49.3 Å². The van der Waals surface area contributed by atoms with Gasteiger partial charge in [-0.05, 0) is 38.5 Å². The van der Waals surface area contributed by atoms with E-state index in [2.05, 4.69) is 20.8 Å². The Bertz CT molecular complexity index is 333. The van der Waals surface area contributed by atoms with Crippen molar-refractivity contribution in [2.24, 2.45) is 5.41 Å². The highest BCUT2D eigenvalue weighted by atomic mass is 16.5. The van der Waals surface area contributed by atoms with Gasteiger partial charge in [-0.25, -0.2) is 0 Å². The van der Waals surface area contributed by atoms with Crippen molar-refractivity contribution in [3.05, 3.63) is 0 Å². The topological polar surface area (TPSA) is 38.8 Å². The molecule has 0 aromatic rings. The van der Waals surface area contributed by atoms with Gasteiger partial charge in [0.25, 0.3) is 0 Å². The molecule has 0 saturated carbocycles. The Balaban J connectivity index is 2.02. The van der Waals surface area contributed by atoms with E-state index in [1.807, 2.05) is 4.90 Å². The molecule has 1 amide bonds. The van der Waals surface area contributed by atoms with E-state index in [4.69, 9.17) is 9.47 Å². The van der Waals surface area contributed by atoms with Crippen LogP contribution in [0.25, 0.3) is 0 Å². The zero-order chi connectivity index (χ0) is 14.6. The highest BCUT2D eigenvalue weighted by Gasteiger charge is 2.42. The molecule has 2 aliphatic heterocycles. The number of hydrogen-bond acceptors (Lipinski definition) is 3. The fourth-order valence-corrected chi connectivity index (χ4v) is 3.81. The lowest BCUT2D eigenvalue weighted by Gasteiger charge is -2.45. The van der Waals surface area contributed by atoms with Crippen molar-refractivity contribution in [2.75, 3.05) is 32.9 Å². The summed E-state index contributed by atoms with van der Waals surface area (Å²) in [5.41, 5.74) is 0.0323. The summed E-state index contributed by atoms with van der Waals surface area (Å²) in [5.74, 6) is 0.305. The second kappa shape index (κ2) is 6.44. The number of rotatable bonds is 4. The highest BCUT2D eigenvalue weighted by molar-refractivity contribution is 5.77. The summed E-state index contributed by atoms with van der Waals surface area (Å²) < 4.78 is 11.2. The van der Waals surface area contributed by atoms with Crippen molar-refractivity contribution in [3.8, 4) is 0 Å². The molecule has 4 nitrogen and oxygen atoms in total. The molecule has 4 heteroatoms. The zero-order valence-electron chi connectivity index (χ0n) is 13.2. The third-order valence-corrected chi connectivity index (χ3v) is 4.60. The van der Waals surface area contributed by atoms with Crippen LogP contribution >= 0.6 is 0 Å². The van der Waals surface area contributed by atoms with Crippen LogP contribution < -0.4 is 0 Å². The molecule has 116 valence electrons. The van der Waals surface area contributed by atoms with Gasteiger partial charge in [0.15, 0.2) is 0 Å². The normalized spacial score (nSPS) is 30.2. The van der Waals surface area contributed by atoms with E-state index >= 15 is 0 Å². The summed E-state index contributed by atoms with van der Waals surface area (Å²) in [5, 5.41) is 0. The minimum atomic E-state index is -0.0985. The van der Waals surface area contributed by atoms with Crippen molar-refractivity contribution < 1.29 is 14.3 Å². The Kier molecular flexibility index (Phi) is 5.08. The first-order valence-corrected chi connectivity index (χ1v) is 7.96. The molecule has 1 atom stereocenters. The number of hydrogen-bond donors (Lipinski definition) is 0. The molecule has 0 bridgehead atoms. The molecule has 0 aromatic heterocycles. The fourth-order valence-electron chi connectivity index (χ4n) is 3.81. The Morgan fingerprint density at radius 1 is 1.20 bits per heavy atom. The third kappa shape index (κ3) is 3.95. The lowest BCUT2D eigenvalue weighted by atomic mass is 9.69. The molecule has 1 unspecified atom stereocenters. The quantitative estimate of drug-likeness (QED) is 0.796. The molecule has 0 aromatic carbocycles. The predicted molar refractivity (Wildman–Crippen MR) is 78.6 cm³/mol. The SMILES string of the molecule is CCCC1(CC(=O)N2CCOCC2)CCOC(C)(C)C1. The second-order valence-electron chi connectivity index (χ2n) is 6.95. The first-order valence-electron chi connectivity index (χ1n) is 7.96. The van der Waals surface area contributed by atoms with Crippen LogP contribution in [0.3, 0.4) is 0 Å². The van der Waals surface area contributed by atoms with Crippen molar-refractivity contribution in [2.45, 2.75) is 58.5 Å². The molecule has 2 aliphatic rings. The maximum absolute atomic E-state index is 12.6. The van der Waals surface area contributed by atoms with Gasteiger partial charge < -0.3 is 14.4 Å². The zero-order valence-corrected chi connectivity index (χ0v) is 13.2. The van der Waals surface area contributed by atoms with Crippen LogP contribution in [0.2, 0.25) is 0 Å². The number of carbonyl (C=O) groups excluding carboxylic acids is 1. The predicted octanol–water partition coefficient (Wildman–Crippen LogP) is 2.61. The summed E-state index contributed by atoms with van der Waals surface area (Å²) in [6.07, 6.45) is 4.93. The lowest BCUT2D eigenvalue weighted by Crippen LogP contribution is -2.47. The third-order valence-electron chi connectivity index (χ3n) is 4.60. The molecular weight excluding hydrogens is 254 g/mol. The van der Waals surface area contributed by atoms with Gasteiger partial charge in [-0.3, -0.25) is 4.79 Å². The van der Waals surface area contributed by atoms with Gasteiger partial charge in [0, 0.05) is 26.1 Å². The summed E-state index contributed by atoms with van der Waals surface area (Å²) in [6.45, 7) is 10.2. The molecule has 2 saturated heterocycles. The molecule has 0 radical (unpaired) electrons. The minimum absolute atomic E-state index is 0.0985. The average Bonchev–Trinajstić information content (AvgIpc) is 2.38. The fraction of sp³-hybridized carbons (Fsp3) is 0.938. The van der Waals surface area contributed by atoms with Gasteiger partial charge in [-0.1, -0.05) is 13.3 Å². The maximum atomic E-state index is 12.6. The number of ether oxygens (including phenoxy) is 2. The lowest BCUT2D eigenvalue weighted by molar-refractivity contribution is -0.146. The molecular formula is C16H29NO3. The van der Waals surface area contributed by atoms with Crippen molar-refractivity contribution in [1.29, 1.82) is 0 Å². The Morgan fingerprint density at radius 3 is 2.50 bits per heavy atom. The van der Waals surface area contributed by atoms with E-state index in [1.165, 1.54) is 0 Å². The monoisotopic (exact) mass is 283 g/mol. The first-order chi connectivity index (χ1) is 9.46. The molecule has 0 spiro atoms. The van der Waals surface area contributed by atoms with E-state index in [1.54, 1.807) is 0 Å². The van der Waals surface area contributed by atoms with E-state index in [0.717, 1.165) is 45.4 Å². The first kappa shape index (κ1) is 15.8. The Morgan fingerprint density at radius 2 is 1.90 bits per heavy atom. The number of nitrogens with zero attached hydrogens (tertiary/aromatic N) is 1. The second-order valence-corrected chi connectivity index (χ2v) is 6.95. The van der Waals surface area contributed by atoms with E-state index in [-0.39, 0.29) is 11.0 Å². The number of morpholine rings is 1. The van der Waals surface area contributed by atoms with Crippen molar-refractivity contribution in [1.82, 2.24) is 4.90 Å². The van der Waals surface area contributed by atoms with Gasteiger partial charge in [0.1, 0.15) is 0 Å². The minimum Gasteiger partial charge on any atom is -0.378 e. The summed E-state index contributed by atoms with van der Waals surface area (Å²) in [4.78, 5) is 14.6. The molecule has 0 aliphatic carbocycles. The van der Waals surface area contributed by atoms with Crippen LogP contribution in [0.4, 0.5) is 0 Å². The van der Waals surface area contributed by atoms with Crippen LogP contribution in [-0.2, 0) is 14.3 Å². The average molecular weight is 283 g/mol. The standard InChI is InChI=1S/C16H29NO3/c1-4-5-16(6-9-20-15(2,3)13-16)12-14(18)17-7-10-19-11-8-17/h4-13H2,1-3H3. The summed E-state index contributed by atoms with van der Waals surface area (Å²) in [7, 11) is 0. The largest absolute Gasteiger partial charge is 0.378 e. The summed E-state index contributed by atoms with van der Waals surface area (Å²) in [6, 6.07) is 0. The molecule has 2 rings (SSSR count). The number of carbonyl (C=O) groups is 1. The van der Waals surface area contributed by atoms with Crippen LogP contribution in [0.15, 0.2) is 0 Å². The van der Waals surface area contributed by atoms with Crippen molar-refractivity contribution in [3.63, 3.8) is 0 Å². The van der Waals surface area contributed by atoms with Gasteiger partial charge in [-0.15, -0.1) is 0 Å². The van der Waals surface area contributed by atoms with Gasteiger partial charge in [-0.2, -0.15) is 0 Å². The van der Waals surface area contributed by atoms with E-state index < -0.39 is 0 Å². The van der Waals surface area contributed by atoms with Gasteiger partial charge in [0.2, 0.25) is 5.91 Å². The Labute approximate surface area is 122 Å². The Hall–Kier alpha value is -0.610.